The van der Waals surface area contributed by atoms with E-state index in [0.717, 1.165) is 29.1 Å². The van der Waals surface area contributed by atoms with Crippen LogP contribution in [0.4, 0.5) is 0 Å². The molecule has 0 aromatic carbocycles. The molecule has 2 aromatic heterocycles. The van der Waals surface area contributed by atoms with Gasteiger partial charge in [0.2, 0.25) is 0 Å². The van der Waals surface area contributed by atoms with E-state index in [0.29, 0.717) is 0 Å². The van der Waals surface area contributed by atoms with E-state index >= 15 is 0 Å². The van der Waals surface area contributed by atoms with Crippen molar-refractivity contribution in [1.29, 1.82) is 0 Å². The van der Waals surface area contributed by atoms with Gasteiger partial charge in [0.15, 0.2) is 5.76 Å². The maximum Gasteiger partial charge on any atom is 0.154 e. The second-order valence-corrected chi connectivity index (χ2v) is 5.94. The van der Waals surface area contributed by atoms with Gasteiger partial charge in [0, 0.05) is 30.3 Å². The van der Waals surface area contributed by atoms with E-state index in [9.17, 15) is 0 Å². The first-order chi connectivity index (χ1) is 8.82. The van der Waals surface area contributed by atoms with E-state index in [1.54, 1.807) is 0 Å². The van der Waals surface area contributed by atoms with Crippen LogP contribution in [-0.4, -0.2) is 14.9 Å². The van der Waals surface area contributed by atoms with Gasteiger partial charge in [-0.25, -0.2) is 0 Å². The molecule has 1 atom stereocenters. The van der Waals surface area contributed by atoms with Gasteiger partial charge in [-0.1, -0.05) is 32.9 Å². The molecule has 0 radical (unpaired) electrons. The van der Waals surface area contributed by atoms with Gasteiger partial charge < -0.3 is 10.3 Å². The molecule has 0 spiro atoms. The summed E-state index contributed by atoms with van der Waals surface area (Å²) in [6.07, 6.45) is 2.80. The minimum Gasteiger partial charge on any atom is -0.359 e. The van der Waals surface area contributed by atoms with Gasteiger partial charge in [-0.15, -0.1) is 0 Å². The smallest absolute Gasteiger partial charge is 0.154 e. The Morgan fingerprint density at radius 3 is 2.68 bits per heavy atom. The predicted octanol–water partition coefficient (Wildman–Crippen LogP) is 2.78. The average molecular weight is 262 g/mol. The van der Waals surface area contributed by atoms with Crippen LogP contribution in [0.5, 0.6) is 0 Å². The third kappa shape index (κ3) is 2.71. The van der Waals surface area contributed by atoms with Crippen LogP contribution >= 0.6 is 0 Å². The largest absolute Gasteiger partial charge is 0.359 e. The molecule has 0 aliphatic carbocycles. The highest BCUT2D eigenvalue weighted by atomic mass is 16.5. The molecule has 0 bridgehead atoms. The standard InChI is InChI=1S/C14H22N4O/c1-6-10(15)12-7-11(17-19-12)9-8-18(5)16-13(9)14(2,3)4/h7-8,10H,6,15H2,1-5H3. The Morgan fingerprint density at radius 2 is 2.11 bits per heavy atom. The fourth-order valence-corrected chi connectivity index (χ4v) is 2.02. The summed E-state index contributed by atoms with van der Waals surface area (Å²) in [5, 5.41) is 8.67. The molecule has 2 heterocycles. The Labute approximate surface area is 113 Å². The van der Waals surface area contributed by atoms with Crippen LogP contribution in [0.15, 0.2) is 16.8 Å². The number of aryl methyl sites for hydroxylation is 1. The van der Waals surface area contributed by atoms with Crippen molar-refractivity contribution in [1.82, 2.24) is 14.9 Å². The van der Waals surface area contributed by atoms with Crippen molar-refractivity contribution in [3.05, 3.63) is 23.7 Å². The van der Waals surface area contributed by atoms with Crippen LogP contribution < -0.4 is 5.73 Å². The number of nitrogens with two attached hydrogens (primary N) is 1. The lowest BCUT2D eigenvalue weighted by Crippen LogP contribution is -2.13. The molecular weight excluding hydrogens is 240 g/mol. The topological polar surface area (TPSA) is 69.9 Å². The zero-order valence-corrected chi connectivity index (χ0v) is 12.3. The SMILES string of the molecule is CCC(N)c1cc(-c2cn(C)nc2C(C)(C)C)no1. The minimum atomic E-state index is -0.101. The van der Waals surface area contributed by atoms with E-state index in [1.165, 1.54) is 0 Å². The van der Waals surface area contributed by atoms with Crippen molar-refractivity contribution in [2.24, 2.45) is 12.8 Å². The maximum absolute atomic E-state index is 5.96. The highest BCUT2D eigenvalue weighted by Gasteiger charge is 2.25. The Hall–Kier alpha value is -1.62. The summed E-state index contributed by atoms with van der Waals surface area (Å²) in [5.74, 6) is 0.723. The third-order valence-electron chi connectivity index (χ3n) is 3.15. The number of rotatable bonds is 3. The van der Waals surface area contributed by atoms with Gasteiger partial charge in [-0.2, -0.15) is 5.10 Å². The zero-order valence-electron chi connectivity index (χ0n) is 12.3. The Balaban J connectivity index is 2.45. The molecule has 5 heteroatoms. The summed E-state index contributed by atoms with van der Waals surface area (Å²) >= 11 is 0. The first-order valence-electron chi connectivity index (χ1n) is 6.59. The monoisotopic (exact) mass is 262 g/mol. The fourth-order valence-electron chi connectivity index (χ4n) is 2.02. The molecule has 0 aliphatic rings. The molecule has 0 fully saturated rings. The van der Waals surface area contributed by atoms with Crippen LogP contribution in [0, 0.1) is 0 Å². The maximum atomic E-state index is 5.96. The van der Waals surface area contributed by atoms with Gasteiger partial charge in [0.1, 0.15) is 5.69 Å². The van der Waals surface area contributed by atoms with Gasteiger partial charge >= 0.3 is 0 Å². The lowest BCUT2D eigenvalue weighted by molar-refractivity contribution is 0.360. The van der Waals surface area contributed by atoms with Crippen LogP contribution in [0.3, 0.4) is 0 Å². The van der Waals surface area contributed by atoms with E-state index in [1.807, 2.05) is 30.9 Å². The molecular formula is C14H22N4O. The molecule has 2 N–H and O–H groups in total. The van der Waals surface area contributed by atoms with Crippen LogP contribution in [-0.2, 0) is 12.5 Å². The highest BCUT2D eigenvalue weighted by Crippen LogP contribution is 2.32. The zero-order chi connectivity index (χ0) is 14.2. The summed E-state index contributed by atoms with van der Waals surface area (Å²) in [4.78, 5) is 0. The Kier molecular flexibility index (Phi) is 3.49. The Morgan fingerprint density at radius 1 is 1.42 bits per heavy atom. The van der Waals surface area contributed by atoms with Crippen molar-refractivity contribution in [2.75, 3.05) is 0 Å². The third-order valence-corrected chi connectivity index (χ3v) is 3.15. The summed E-state index contributed by atoms with van der Waals surface area (Å²) in [6.45, 7) is 8.43. The predicted molar refractivity (Wildman–Crippen MR) is 74.6 cm³/mol. The number of aromatic nitrogens is 3. The number of nitrogens with zero attached hydrogens (tertiary/aromatic N) is 3. The molecule has 2 rings (SSSR count). The lowest BCUT2D eigenvalue weighted by Gasteiger charge is -2.16. The fraction of sp³-hybridized carbons (Fsp3) is 0.571. The molecule has 0 amide bonds. The molecule has 2 aromatic rings. The molecule has 0 saturated heterocycles. The highest BCUT2D eigenvalue weighted by molar-refractivity contribution is 5.62. The molecule has 1 unspecified atom stereocenters. The number of hydrogen-bond donors (Lipinski definition) is 1. The van der Waals surface area contributed by atoms with Crippen molar-refractivity contribution >= 4 is 0 Å². The van der Waals surface area contributed by atoms with Crippen molar-refractivity contribution < 1.29 is 4.52 Å². The van der Waals surface area contributed by atoms with Crippen molar-refractivity contribution in [3.63, 3.8) is 0 Å². The summed E-state index contributed by atoms with van der Waals surface area (Å²) in [6, 6.07) is 1.82. The van der Waals surface area contributed by atoms with Gasteiger partial charge in [-0.05, 0) is 6.42 Å². The van der Waals surface area contributed by atoms with Gasteiger partial charge in [-0.3, -0.25) is 4.68 Å². The summed E-state index contributed by atoms with van der Waals surface area (Å²) < 4.78 is 7.15. The molecule has 0 aliphatic heterocycles. The van der Waals surface area contributed by atoms with Crippen molar-refractivity contribution in [2.45, 2.75) is 45.6 Å². The molecule has 19 heavy (non-hydrogen) atoms. The van der Waals surface area contributed by atoms with Crippen LogP contribution in [0.1, 0.15) is 51.6 Å². The van der Waals surface area contributed by atoms with Gasteiger partial charge in [0.05, 0.1) is 11.7 Å². The normalized spacial score (nSPS) is 13.8. The molecule has 104 valence electrons. The van der Waals surface area contributed by atoms with Crippen molar-refractivity contribution in [3.8, 4) is 11.3 Å². The average Bonchev–Trinajstić information content (AvgIpc) is 2.92. The van der Waals surface area contributed by atoms with E-state index in [-0.39, 0.29) is 11.5 Å². The molecule has 0 saturated carbocycles. The number of hydrogen-bond acceptors (Lipinski definition) is 4. The minimum absolute atomic E-state index is 0.0391. The first kappa shape index (κ1) is 13.8. The quantitative estimate of drug-likeness (QED) is 0.923. The van der Waals surface area contributed by atoms with Gasteiger partial charge in [0.25, 0.3) is 0 Å². The molecule has 5 nitrogen and oxygen atoms in total. The lowest BCUT2D eigenvalue weighted by atomic mass is 9.89. The second-order valence-electron chi connectivity index (χ2n) is 5.94. The van der Waals surface area contributed by atoms with Crippen LogP contribution in [0.25, 0.3) is 11.3 Å². The van der Waals surface area contributed by atoms with Crippen LogP contribution in [0.2, 0.25) is 0 Å². The Bertz CT molecular complexity index is 562. The first-order valence-corrected chi connectivity index (χ1v) is 6.59. The van der Waals surface area contributed by atoms with E-state index in [4.69, 9.17) is 10.3 Å². The summed E-state index contributed by atoms with van der Waals surface area (Å²) in [5.41, 5.74) is 8.75. The summed E-state index contributed by atoms with van der Waals surface area (Å²) in [7, 11) is 1.91. The van der Waals surface area contributed by atoms with E-state index in [2.05, 4.69) is 31.0 Å². The second kappa shape index (κ2) is 4.81. The van der Waals surface area contributed by atoms with E-state index < -0.39 is 0 Å².